The Hall–Kier alpha value is -1.26. The van der Waals surface area contributed by atoms with Crippen LogP contribution in [0.5, 0.6) is 11.5 Å². The van der Waals surface area contributed by atoms with Crippen molar-refractivity contribution in [2.45, 2.75) is 19.6 Å². The van der Waals surface area contributed by atoms with Gasteiger partial charge in [0, 0.05) is 11.1 Å². The quantitative estimate of drug-likeness (QED) is 0.805. The van der Waals surface area contributed by atoms with Crippen molar-refractivity contribution in [2.24, 2.45) is 0 Å². The first-order chi connectivity index (χ1) is 7.24. The molecule has 1 aromatic carbocycles. The zero-order valence-electron chi connectivity index (χ0n) is 8.82. The van der Waals surface area contributed by atoms with Crippen molar-refractivity contribution in [3.05, 3.63) is 23.3 Å². The number of hydrogen-bond acceptors (Lipinski definition) is 4. The summed E-state index contributed by atoms with van der Waals surface area (Å²) in [6, 6.07) is 3.63. The van der Waals surface area contributed by atoms with Crippen LogP contribution in [-0.4, -0.2) is 19.0 Å². The topological polar surface area (TPSA) is 47.9 Å². The smallest absolute Gasteiger partial charge is 0.189 e. The molecule has 2 rings (SSSR count). The number of aliphatic hydroxyl groups is 1. The monoisotopic (exact) mass is 210 g/mol. The summed E-state index contributed by atoms with van der Waals surface area (Å²) in [7, 11) is 1.58. The minimum absolute atomic E-state index is 0.262. The molecule has 0 radical (unpaired) electrons. The zero-order valence-corrected chi connectivity index (χ0v) is 8.82. The van der Waals surface area contributed by atoms with Crippen molar-refractivity contribution in [1.82, 2.24) is 0 Å². The molecule has 0 fully saturated rings. The number of hydrogen-bond donors (Lipinski definition) is 1. The normalized spacial score (nSPS) is 16.5. The summed E-state index contributed by atoms with van der Waals surface area (Å²) in [4.78, 5) is 0. The highest BCUT2D eigenvalue weighted by Gasteiger charge is 2.21. The maximum Gasteiger partial charge on any atom is 0.189 e. The van der Waals surface area contributed by atoms with Crippen LogP contribution < -0.4 is 9.47 Å². The standard InChI is InChI=1S/C11H14O4/c1-7(12)11-8-5-14-6-15-9(8)3-4-10(11)13-2/h3-4,7,12H,5-6H2,1-2H3. The van der Waals surface area contributed by atoms with Crippen LogP contribution in [0.2, 0.25) is 0 Å². The molecular weight excluding hydrogens is 196 g/mol. The molecule has 1 aromatic rings. The summed E-state index contributed by atoms with van der Waals surface area (Å²) < 4.78 is 15.7. The van der Waals surface area contributed by atoms with E-state index in [2.05, 4.69) is 0 Å². The minimum atomic E-state index is -0.597. The Bertz CT molecular complexity index is 360. The van der Waals surface area contributed by atoms with Crippen LogP contribution in [-0.2, 0) is 11.3 Å². The highest BCUT2D eigenvalue weighted by Crippen LogP contribution is 2.36. The molecule has 15 heavy (non-hydrogen) atoms. The Labute approximate surface area is 88.4 Å². The van der Waals surface area contributed by atoms with E-state index in [1.165, 1.54) is 0 Å². The second-order valence-electron chi connectivity index (χ2n) is 3.44. The van der Waals surface area contributed by atoms with Crippen molar-refractivity contribution in [1.29, 1.82) is 0 Å². The van der Waals surface area contributed by atoms with Crippen LogP contribution in [0.3, 0.4) is 0 Å². The fourth-order valence-corrected chi connectivity index (χ4v) is 1.79. The molecule has 0 aromatic heterocycles. The molecule has 0 aliphatic carbocycles. The molecule has 1 heterocycles. The van der Waals surface area contributed by atoms with Crippen LogP contribution in [0.1, 0.15) is 24.2 Å². The molecule has 0 spiro atoms. The van der Waals surface area contributed by atoms with Gasteiger partial charge < -0.3 is 19.3 Å². The molecule has 1 aliphatic rings. The van der Waals surface area contributed by atoms with Crippen molar-refractivity contribution in [3.63, 3.8) is 0 Å². The Balaban J connectivity index is 2.54. The maximum atomic E-state index is 9.70. The van der Waals surface area contributed by atoms with E-state index in [4.69, 9.17) is 14.2 Å². The van der Waals surface area contributed by atoms with E-state index in [9.17, 15) is 5.11 Å². The molecule has 0 saturated heterocycles. The molecule has 1 N–H and O–H groups in total. The highest BCUT2D eigenvalue weighted by atomic mass is 16.7. The van der Waals surface area contributed by atoms with Gasteiger partial charge in [-0.25, -0.2) is 0 Å². The second kappa shape index (κ2) is 4.08. The molecule has 82 valence electrons. The van der Waals surface area contributed by atoms with Gasteiger partial charge in [0.1, 0.15) is 11.5 Å². The average molecular weight is 210 g/mol. The summed E-state index contributed by atoms with van der Waals surface area (Å²) >= 11 is 0. The Kier molecular flexibility index (Phi) is 2.79. The van der Waals surface area contributed by atoms with E-state index in [0.29, 0.717) is 12.4 Å². The number of rotatable bonds is 2. The van der Waals surface area contributed by atoms with Crippen molar-refractivity contribution >= 4 is 0 Å². The second-order valence-corrected chi connectivity index (χ2v) is 3.44. The third kappa shape index (κ3) is 1.78. The minimum Gasteiger partial charge on any atom is -0.496 e. The van der Waals surface area contributed by atoms with Crippen LogP contribution >= 0.6 is 0 Å². The number of ether oxygens (including phenoxy) is 3. The molecule has 0 saturated carbocycles. The largest absolute Gasteiger partial charge is 0.496 e. The highest BCUT2D eigenvalue weighted by molar-refractivity contribution is 5.49. The maximum absolute atomic E-state index is 9.70. The summed E-state index contributed by atoms with van der Waals surface area (Å²) in [5.41, 5.74) is 1.62. The lowest BCUT2D eigenvalue weighted by molar-refractivity contribution is -0.0181. The van der Waals surface area contributed by atoms with Gasteiger partial charge in [0.05, 0.1) is 19.8 Å². The molecule has 0 bridgehead atoms. The first-order valence-electron chi connectivity index (χ1n) is 4.82. The molecule has 1 aliphatic heterocycles. The van der Waals surface area contributed by atoms with Gasteiger partial charge in [0.15, 0.2) is 6.79 Å². The van der Waals surface area contributed by atoms with Gasteiger partial charge in [-0.3, -0.25) is 0 Å². The van der Waals surface area contributed by atoms with Gasteiger partial charge in [0.2, 0.25) is 0 Å². The van der Waals surface area contributed by atoms with Crippen LogP contribution in [0.15, 0.2) is 12.1 Å². The number of methoxy groups -OCH3 is 1. The van der Waals surface area contributed by atoms with Crippen molar-refractivity contribution in [3.8, 4) is 11.5 Å². The van der Waals surface area contributed by atoms with Crippen LogP contribution in [0.25, 0.3) is 0 Å². The fraction of sp³-hybridized carbons (Fsp3) is 0.455. The lowest BCUT2D eigenvalue weighted by Crippen LogP contribution is -2.14. The van der Waals surface area contributed by atoms with Gasteiger partial charge in [0.25, 0.3) is 0 Å². The fourth-order valence-electron chi connectivity index (χ4n) is 1.79. The van der Waals surface area contributed by atoms with Crippen molar-refractivity contribution in [2.75, 3.05) is 13.9 Å². The molecule has 0 amide bonds. The number of aliphatic hydroxyl groups excluding tert-OH is 1. The molecule has 4 nitrogen and oxygen atoms in total. The van der Waals surface area contributed by atoms with E-state index in [0.717, 1.165) is 16.9 Å². The molecule has 1 unspecified atom stereocenters. The van der Waals surface area contributed by atoms with Gasteiger partial charge in [-0.2, -0.15) is 0 Å². The van der Waals surface area contributed by atoms with Crippen LogP contribution in [0, 0.1) is 0 Å². The van der Waals surface area contributed by atoms with Gasteiger partial charge >= 0.3 is 0 Å². The van der Waals surface area contributed by atoms with E-state index in [1.807, 2.05) is 6.07 Å². The Morgan fingerprint density at radius 1 is 1.47 bits per heavy atom. The van der Waals surface area contributed by atoms with Crippen molar-refractivity contribution < 1.29 is 19.3 Å². The van der Waals surface area contributed by atoms with E-state index in [1.54, 1.807) is 20.1 Å². The molecule has 1 atom stereocenters. The predicted octanol–water partition coefficient (Wildman–Crippen LogP) is 1.61. The van der Waals surface area contributed by atoms with E-state index >= 15 is 0 Å². The lowest BCUT2D eigenvalue weighted by Gasteiger charge is -2.23. The first kappa shape index (κ1) is 10.3. The summed E-state index contributed by atoms with van der Waals surface area (Å²) in [5.74, 6) is 1.43. The van der Waals surface area contributed by atoms with Gasteiger partial charge in [-0.05, 0) is 19.1 Å². The molecule has 4 heteroatoms. The van der Waals surface area contributed by atoms with E-state index < -0.39 is 6.10 Å². The predicted molar refractivity (Wildman–Crippen MR) is 53.9 cm³/mol. The third-order valence-electron chi connectivity index (χ3n) is 2.46. The third-order valence-corrected chi connectivity index (χ3v) is 2.46. The zero-order chi connectivity index (χ0) is 10.8. The van der Waals surface area contributed by atoms with Crippen LogP contribution in [0.4, 0.5) is 0 Å². The lowest BCUT2D eigenvalue weighted by atomic mass is 10.0. The summed E-state index contributed by atoms with van der Waals surface area (Å²) in [5, 5.41) is 9.70. The van der Waals surface area contributed by atoms with Gasteiger partial charge in [-0.15, -0.1) is 0 Å². The summed E-state index contributed by atoms with van der Waals surface area (Å²) in [6.07, 6.45) is -0.597. The Morgan fingerprint density at radius 2 is 2.27 bits per heavy atom. The van der Waals surface area contributed by atoms with Gasteiger partial charge in [-0.1, -0.05) is 0 Å². The first-order valence-corrected chi connectivity index (χ1v) is 4.82. The van der Waals surface area contributed by atoms with E-state index in [-0.39, 0.29) is 6.79 Å². The summed E-state index contributed by atoms with van der Waals surface area (Å²) in [6.45, 7) is 2.41. The SMILES string of the molecule is COc1ccc2c(c1C(C)O)COCO2. The number of benzene rings is 1. The average Bonchev–Trinajstić information content (AvgIpc) is 2.27. The number of fused-ring (bicyclic) bond motifs is 1. The molecular formula is C11H14O4. The Morgan fingerprint density at radius 3 is 2.93 bits per heavy atom.